The molecule has 0 aliphatic carbocycles. The van der Waals surface area contributed by atoms with Crippen molar-refractivity contribution in [2.45, 2.75) is 30.6 Å². The van der Waals surface area contributed by atoms with E-state index in [-0.39, 0.29) is 23.3 Å². The van der Waals surface area contributed by atoms with Gasteiger partial charge in [0.2, 0.25) is 27.7 Å². The third-order valence-electron chi connectivity index (χ3n) is 5.32. The minimum Gasteiger partial charge on any atom is -0.497 e. The van der Waals surface area contributed by atoms with Gasteiger partial charge in [0.1, 0.15) is 5.75 Å². The largest absolute Gasteiger partial charge is 0.497 e. The van der Waals surface area contributed by atoms with Crippen molar-refractivity contribution in [2.24, 2.45) is 0 Å². The molecule has 1 aromatic heterocycles. The third kappa shape index (κ3) is 4.66. The molecule has 2 heterocycles. The first-order valence-electron chi connectivity index (χ1n) is 10.2. The molecule has 1 N–H and O–H groups in total. The summed E-state index contributed by atoms with van der Waals surface area (Å²) in [6.07, 6.45) is 1.45. The molecule has 1 fully saturated rings. The van der Waals surface area contributed by atoms with E-state index in [9.17, 15) is 13.2 Å². The summed E-state index contributed by atoms with van der Waals surface area (Å²) in [5, 5.41) is 10.9. The van der Waals surface area contributed by atoms with Crippen LogP contribution in [0.5, 0.6) is 5.75 Å². The number of anilines is 1. The molecule has 0 unspecified atom stereocenters. The Kier molecular flexibility index (Phi) is 6.24. The van der Waals surface area contributed by atoms with Gasteiger partial charge in [0.25, 0.3) is 0 Å². The molecule has 1 amide bonds. The van der Waals surface area contributed by atoms with E-state index in [0.717, 1.165) is 17.7 Å². The lowest BCUT2D eigenvalue weighted by Crippen LogP contribution is -2.39. The van der Waals surface area contributed by atoms with Crippen LogP contribution in [0, 0.1) is 0 Å². The van der Waals surface area contributed by atoms with Crippen molar-refractivity contribution in [3.63, 3.8) is 0 Å². The summed E-state index contributed by atoms with van der Waals surface area (Å²) in [5.74, 6) is 1.14. The number of rotatable bonds is 6. The molecule has 1 saturated heterocycles. The summed E-state index contributed by atoms with van der Waals surface area (Å²) in [6.45, 7) is 2.09. The van der Waals surface area contributed by atoms with Crippen molar-refractivity contribution >= 4 is 21.6 Å². The molecule has 4 rings (SSSR count). The first kappa shape index (κ1) is 22.0. The summed E-state index contributed by atoms with van der Waals surface area (Å²) in [5.41, 5.74) is 1.31. The van der Waals surface area contributed by atoms with Gasteiger partial charge in [-0.15, -0.1) is 10.2 Å². The predicted octanol–water partition coefficient (Wildman–Crippen LogP) is 3.27. The SMILES string of the molecule is COc1ccc(-c2nnc([C@@H]3CCCN(S(=O)(=O)c4ccc(NC(C)=O)cc4)C3)o2)cc1. The first-order chi connectivity index (χ1) is 15.4. The maximum atomic E-state index is 13.1. The van der Waals surface area contributed by atoms with Gasteiger partial charge in [0, 0.05) is 31.3 Å². The molecule has 10 heteroatoms. The summed E-state index contributed by atoms with van der Waals surface area (Å²) < 4.78 is 38.8. The number of nitrogens with one attached hydrogen (secondary N) is 1. The number of piperidine rings is 1. The van der Waals surface area contributed by atoms with Crippen molar-refractivity contribution in [3.8, 4) is 17.2 Å². The molecule has 168 valence electrons. The molecule has 1 aliphatic heterocycles. The number of carbonyl (C=O) groups excluding carboxylic acids is 1. The van der Waals surface area contributed by atoms with Crippen LogP contribution < -0.4 is 10.1 Å². The fourth-order valence-electron chi connectivity index (χ4n) is 3.67. The second kappa shape index (κ2) is 9.09. The molecule has 0 saturated carbocycles. The van der Waals surface area contributed by atoms with Gasteiger partial charge in [-0.3, -0.25) is 4.79 Å². The van der Waals surface area contributed by atoms with E-state index < -0.39 is 10.0 Å². The highest BCUT2D eigenvalue weighted by Crippen LogP contribution is 2.31. The summed E-state index contributed by atoms with van der Waals surface area (Å²) in [4.78, 5) is 11.3. The number of carbonyl (C=O) groups is 1. The fraction of sp³-hybridized carbons (Fsp3) is 0.318. The number of aromatic nitrogens is 2. The molecule has 1 aliphatic rings. The van der Waals surface area contributed by atoms with E-state index in [1.54, 1.807) is 19.2 Å². The van der Waals surface area contributed by atoms with E-state index in [0.29, 0.717) is 30.4 Å². The number of methoxy groups -OCH3 is 1. The predicted molar refractivity (Wildman–Crippen MR) is 118 cm³/mol. The van der Waals surface area contributed by atoms with Crippen LogP contribution in [-0.4, -0.2) is 49.0 Å². The first-order valence-corrected chi connectivity index (χ1v) is 11.7. The summed E-state index contributed by atoms with van der Waals surface area (Å²) >= 11 is 0. The van der Waals surface area contributed by atoms with Crippen LogP contribution in [0.25, 0.3) is 11.5 Å². The third-order valence-corrected chi connectivity index (χ3v) is 7.20. The van der Waals surface area contributed by atoms with Crippen molar-refractivity contribution in [1.29, 1.82) is 0 Å². The van der Waals surface area contributed by atoms with Crippen LogP contribution in [0.2, 0.25) is 0 Å². The molecular formula is C22H24N4O5S. The topological polar surface area (TPSA) is 115 Å². The molecule has 0 spiro atoms. The monoisotopic (exact) mass is 456 g/mol. The Hall–Kier alpha value is -3.24. The van der Waals surface area contributed by atoms with E-state index in [2.05, 4.69) is 15.5 Å². The van der Waals surface area contributed by atoms with Crippen LogP contribution in [0.3, 0.4) is 0 Å². The quantitative estimate of drug-likeness (QED) is 0.605. The highest BCUT2D eigenvalue weighted by Gasteiger charge is 2.33. The summed E-state index contributed by atoms with van der Waals surface area (Å²) in [7, 11) is -2.09. The number of benzene rings is 2. The molecule has 0 bridgehead atoms. The number of hydrogen-bond donors (Lipinski definition) is 1. The average Bonchev–Trinajstić information content (AvgIpc) is 3.30. The Labute approximate surface area is 186 Å². The van der Waals surface area contributed by atoms with E-state index >= 15 is 0 Å². The fourth-order valence-corrected chi connectivity index (χ4v) is 5.20. The van der Waals surface area contributed by atoms with Crippen molar-refractivity contribution in [1.82, 2.24) is 14.5 Å². The molecule has 32 heavy (non-hydrogen) atoms. The van der Waals surface area contributed by atoms with Gasteiger partial charge in [-0.05, 0) is 61.4 Å². The Morgan fingerprint density at radius 2 is 1.84 bits per heavy atom. The van der Waals surface area contributed by atoms with E-state index in [1.807, 2.05) is 24.3 Å². The Morgan fingerprint density at radius 1 is 1.12 bits per heavy atom. The van der Waals surface area contributed by atoms with Gasteiger partial charge in [-0.2, -0.15) is 4.31 Å². The summed E-state index contributed by atoms with van der Waals surface area (Å²) in [6, 6.07) is 13.4. The van der Waals surface area contributed by atoms with Gasteiger partial charge >= 0.3 is 0 Å². The number of ether oxygens (including phenoxy) is 1. The second-order valence-corrected chi connectivity index (χ2v) is 9.52. The van der Waals surface area contributed by atoms with Gasteiger partial charge in [-0.25, -0.2) is 8.42 Å². The van der Waals surface area contributed by atoms with Crippen molar-refractivity contribution < 1.29 is 22.4 Å². The van der Waals surface area contributed by atoms with Crippen LogP contribution in [0.15, 0.2) is 57.8 Å². The van der Waals surface area contributed by atoms with Crippen LogP contribution in [0.1, 0.15) is 31.6 Å². The molecule has 0 radical (unpaired) electrons. The highest BCUT2D eigenvalue weighted by molar-refractivity contribution is 7.89. The molecule has 1 atom stereocenters. The van der Waals surface area contributed by atoms with Gasteiger partial charge in [-0.1, -0.05) is 0 Å². The standard InChI is InChI=1S/C22H24N4O5S/c1-15(27)23-18-7-11-20(12-8-18)32(28,29)26-13-3-4-17(14-26)22-25-24-21(31-22)16-5-9-19(30-2)10-6-16/h5-12,17H,3-4,13-14H2,1-2H3,(H,23,27)/t17-/m1/s1. The van der Waals surface area contributed by atoms with E-state index in [1.165, 1.54) is 23.4 Å². The number of sulfonamides is 1. The average molecular weight is 457 g/mol. The normalized spacial score (nSPS) is 17.1. The van der Waals surface area contributed by atoms with Crippen molar-refractivity contribution in [3.05, 3.63) is 54.4 Å². The van der Waals surface area contributed by atoms with Crippen LogP contribution >= 0.6 is 0 Å². The number of hydrogen-bond acceptors (Lipinski definition) is 7. The number of nitrogens with zero attached hydrogens (tertiary/aromatic N) is 3. The highest BCUT2D eigenvalue weighted by atomic mass is 32.2. The van der Waals surface area contributed by atoms with E-state index in [4.69, 9.17) is 9.15 Å². The zero-order valence-corrected chi connectivity index (χ0v) is 18.6. The zero-order valence-electron chi connectivity index (χ0n) is 17.8. The molecule has 9 nitrogen and oxygen atoms in total. The Morgan fingerprint density at radius 3 is 2.50 bits per heavy atom. The lowest BCUT2D eigenvalue weighted by molar-refractivity contribution is -0.114. The molecule has 3 aromatic rings. The minimum absolute atomic E-state index is 0.178. The molecule has 2 aromatic carbocycles. The lowest BCUT2D eigenvalue weighted by Gasteiger charge is -2.30. The van der Waals surface area contributed by atoms with Gasteiger partial charge in [0.05, 0.1) is 17.9 Å². The molecular weight excluding hydrogens is 432 g/mol. The van der Waals surface area contributed by atoms with Gasteiger partial charge in [0.15, 0.2) is 0 Å². The maximum Gasteiger partial charge on any atom is 0.247 e. The lowest BCUT2D eigenvalue weighted by atomic mass is 10.00. The number of amides is 1. The smallest absolute Gasteiger partial charge is 0.247 e. The van der Waals surface area contributed by atoms with Crippen molar-refractivity contribution in [2.75, 3.05) is 25.5 Å². The van der Waals surface area contributed by atoms with Crippen LogP contribution in [-0.2, 0) is 14.8 Å². The second-order valence-electron chi connectivity index (χ2n) is 7.58. The maximum absolute atomic E-state index is 13.1. The van der Waals surface area contributed by atoms with Crippen LogP contribution in [0.4, 0.5) is 5.69 Å². The van der Waals surface area contributed by atoms with Gasteiger partial charge < -0.3 is 14.5 Å². The minimum atomic E-state index is -3.68. The Balaban J connectivity index is 1.49. The zero-order chi connectivity index (χ0) is 22.7. The Bertz CT molecular complexity index is 1190.